The van der Waals surface area contributed by atoms with Gasteiger partial charge >= 0.3 is 5.97 Å². The summed E-state index contributed by atoms with van der Waals surface area (Å²) in [5, 5.41) is 9.36. The van der Waals surface area contributed by atoms with Crippen molar-refractivity contribution in [2.75, 3.05) is 26.2 Å². The molecule has 1 atom stereocenters. The van der Waals surface area contributed by atoms with E-state index in [1.54, 1.807) is 0 Å². The predicted molar refractivity (Wildman–Crippen MR) is 146 cm³/mol. The molecule has 0 saturated carbocycles. The second-order valence-corrected chi connectivity index (χ2v) is 9.90. The first-order valence-electron chi connectivity index (χ1n) is 14.5. The zero-order valence-corrected chi connectivity index (χ0v) is 22.8. The van der Waals surface area contributed by atoms with Gasteiger partial charge in [-0.1, -0.05) is 97.0 Å². The summed E-state index contributed by atoms with van der Waals surface area (Å²) in [5.41, 5.74) is 2.82. The average molecular weight is 480 g/mol. The minimum absolute atomic E-state index is 0.0524. The lowest BCUT2D eigenvalue weighted by Crippen LogP contribution is -2.31. The second kappa shape index (κ2) is 26.5. The van der Waals surface area contributed by atoms with Crippen molar-refractivity contribution >= 4 is 5.97 Å². The quantitative estimate of drug-likeness (QED) is 0.0776. The molecule has 0 amide bonds. The first-order chi connectivity index (χ1) is 16.6. The smallest absolute Gasteiger partial charge is 0.306 e. The van der Waals surface area contributed by atoms with Gasteiger partial charge in [0.1, 0.15) is 6.10 Å². The van der Waals surface area contributed by atoms with Crippen molar-refractivity contribution in [2.24, 2.45) is 0 Å². The topological polar surface area (TPSA) is 49.8 Å². The van der Waals surface area contributed by atoms with Crippen molar-refractivity contribution in [3.05, 3.63) is 18.4 Å². The molecule has 0 aromatic rings. The number of nitrogens with zero attached hydrogens (tertiary/aromatic N) is 1. The molecule has 0 aliphatic rings. The molecule has 1 unspecified atom stereocenters. The summed E-state index contributed by atoms with van der Waals surface area (Å²) < 4.78 is 5.62. The number of unbranched alkanes of at least 4 members (excludes halogenated alkanes) is 15. The molecule has 0 aromatic heterocycles. The first-order valence-corrected chi connectivity index (χ1v) is 14.5. The molecule has 4 heteroatoms. The summed E-state index contributed by atoms with van der Waals surface area (Å²) >= 11 is 0. The Morgan fingerprint density at radius 2 is 1.41 bits per heavy atom. The minimum Gasteiger partial charge on any atom is -0.463 e. The van der Waals surface area contributed by atoms with E-state index in [1.165, 1.54) is 83.5 Å². The average Bonchev–Trinajstić information content (AvgIpc) is 2.82. The molecule has 0 saturated heterocycles. The van der Waals surface area contributed by atoms with Gasteiger partial charge in [-0.2, -0.15) is 0 Å². The van der Waals surface area contributed by atoms with Gasteiger partial charge in [0.25, 0.3) is 0 Å². The molecule has 0 spiro atoms. The van der Waals surface area contributed by atoms with Crippen molar-refractivity contribution in [3.63, 3.8) is 0 Å². The highest BCUT2D eigenvalue weighted by molar-refractivity contribution is 5.69. The van der Waals surface area contributed by atoms with Gasteiger partial charge < -0.3 is 14.7 Å². The number of ether oxygens (including phenoxy) is 1. The van der Waals surface area contributed by atoms with Crippen molar-refractivity contribution in [1.29, 1.82) is 0 Å². The van der Waals surface area contributed by atoms with Gasteiger partial charge in [0.2, 0.25) is 0 Å². The van der Waals surface area contributed by atoms with Gasteiger partial charge in [-0.25, -0.2) is 0 Å². The maximum Gasteiger partial charge on any atom is 0.306 e. The van der Waals surface area contributed by atoms with Gasteiger partial charge in [0, 0.05) is 19.5 Å². The van der Waals surface area contributed by atoms with Crippen LogP contribution in [0.2, 0.25) is 0 Å². The third kappa shape index (κ3) is 24.0. The van der Waals surface area contributed by atoms with Gasteiger partial charge in [0.05, 0.1) is 6.61 Å². The van der Waals surface area contributed by atoms with Crippen LogP contribution in [0.25, 0.3) is 0 Å². The fourth-order valence-corrected chi connectivity index (χ4v) is 4.33. The molecule has 1 N–H and O–H groups in total. The number of esters is 1. The summed E-state index contributed by atoms with van der Waals surface area (Å²) in [4.78, 5) is 14.4. The number of rotatable bonds is 26. The van der Waals surface area contributed by atoms with Crippen LogP contribution < -0.4 is 0 Å². The first kappa shape index (κ1) is 32.9. The Morgan fingerprint density at radius 3 is 2.00 bits per heavy atom. The maximum atomic E-state index is 12.1. The van der Waals surface area contributed by atoms with Crippen LogP contribution in [0, 0.1) is 0 Å². The van der Waals surface area contributed by atoms with Crippen molar-refractivity contribution < 1.29 is 14.6 Å². The third-order valence-electron chi connectivity index (χ3n) is 6.55. The monoisotopic (exact) mass is 479 g/mol. The number of allylic oxidation sites excluding steroid dienone is 1. The van der Waals surface area contributed by atoms with Crippen LogP contribution in [-0.4, -0.2) is 48.3 Å². The van der Waals surface area contributed by atoms with E-state index in [9.17, 15) is 9.90 Å². The Balaban J connectivity index is 3.70. The highest BCUT2D eigenvalue weighted by atomic mass is 16.5. The van der Waals surface area contributed by atoms with Crippen LogP contribution >= 0.6 is 0 Å². The number of carbonyl (C=O) groups is 1. The summed E-state index contributed by atoms with van der Waals surface area (Å²) in [6, 6.07) is 0. The Kier molecular flexibility index (Phi) is 25.7. The maximum absolute atomic E-state index is 12.1. The standard InChI is InChI=1S/C30H57NO3/c1-4-6-8-10-12-14-15-16-17-19-21-23-30(33)34-29(3)24-26-31(27-28-32)25-22-20-18-13-11-9-7-5-2/h7,29,32H,2,4,6,8-28H2,1,3H3. The van der Waals surface area contributed by atoms with E-state index < -0.39 is 0 Å². The van der Waals surface area contributed by atoms with Crippen LogP contribution in [-0.2, 0) is 9.53 Å². The van der Waals surface area contributed by atoms with Gasteiger partial charge in [0.15, 0.2) is 0 Å². The van der Waals surface area contributed by atoms with Crippen molar-refractivity contribution in [2.45, 2.75) is 142 Å². The molecule has 0 heterocycles. The lowest BCUT2D eigenvalue weighted by molar-refractivity contribution is -0.148. The highest BCUT2D eigenvalue weighted by Gasteiger charge is 2.12. The molecule has 0 fully saturated rings. The molecule has 34 heavy (non-hydrogen) atoms. The Bertz CT molecular complexity index is 487. The van der Waals surface area contributed by atoms with Crippen LogP contribution in [0.3, 0.4) is 0 Å². The van der Waals surface area contributed by atoms with E-state index >= 15 is 0 Å². The lowest BCUT2D eigenvalue weighted by atomic mass is 10.1. The number of hydrogen-bond donors (Lipinski definition) is 1. The van der Waals surface area contributed by atoms with E-state index in [0.29, 0.717) is 13.0 Å². The summed E-state index contributed by atoms with van der Waals surface area (Å²) in [5.74, 6) is -0.0524. The highest BCUT2D eigenvalue weighted by Crippen LogP contribution is 2.13. The zero-order valence-electron chi connectivity index (χ0n) is 22.8. The fraction of sp³-hybridized carbons (Fsp3) is 0.867. The van der Waals surface area contributed by atoms with Crippen LogP contribution in [0.5, 0.6) is 0 Å². The summed E-state index contributed by atoms with van der Waals surface area (Å²) in [7, 11) is 0. The molecule has 0 radical (unpaired) electrons. The predicted octanol–water partition coefficient (Wildman–Crippen LogP) is 7.99. The molecule has 0 aliphatic heterocycles. The van der Waals surface area contributed by atoms with E-state index in [-0.39, 0.29) is 18.7 Å². The molecular weight excluding hydrogens is 422 g/mol. The third-order valence-corrected chi connectivity index (χ3v) is 6.55. The zero-order chi connectivity index (χ0) is 25.1. The lowest BCUT2D eigenvalue weighted by Gasteiger charge is -2.23. The molecule has 200 valence electrons. The van der Waals surface area contributed by atoms with Crippen molar-refractivity contribution in [3.8, 4) is 0 Å². The molecular formula is C30H57NO3. The van der Waals surface area contributed by atoms with Crippen molar-refractivity contribution in [1.82, 2.24) is 4.90 Å². The summed E-state index contributed by atoms with van der Waals surface area (Å²) in [6.45, 7) is 10.6. The largest absolute Gasteiger partial charge is 0.463 e. The number of aliphatic hydroxyl groups is 1. The van der Waals surface area contributed by atoms with E-state index in [2.05, 4.69) is 24.1 Å². The molecule has 0 aromatic carbocycles. The van der Waals surface area contributed by atoms with Gasteiger partial charge in [-0.3, -0.25) is 4.79 Å². The molecule has 0 bridgehead atoms. The fourth-order valence-electron chi connectivity index (χ4n) is 4.33. The normalized spacial score (nSPS) is 12.0. The van der Waals surface area contributed by atoms with Gasteiger partial charge in [-0.15, -0.1) is 5.73 Å². The minimum atomic E-state index is -0.0562. The van der Waals surface area contributed by atoms with Crippen LogP contribution in [0.1, 0.15) is 136 Å². The molecule has 0 aliphatic carbocycles. The Morgan fingerprint density at radius 1 is 0.853 bits per heavy atom. The van der Waals surface area contributed by atoms with E-state index in [0.717, 1.165) is 45.2 Å². The molecule has 0 rings (SSSR count). The van der Waals surface area contributed by atoms with E-state index in [1.807, 2.05) is 13.0 Å². The SMILES string of the molecule is C=C=CCCCCCCCN(CCO)CCC(C)OC(=O)CCCCCCCCCCCCC. The number of carbonyl (C=O) groups excluding carboxylic acids is 1. The number of hydrogen-bond acceptors (Lipinski definition) is 4. The Hall–Kier alpha value is -1.09. The second-order valence-electron chi connectivity index (χ2n) is 9.90. The van der Waals surface area contributed by atoms with Crippen LogP contribution in [0.4, 0.5) is 0 Å². The summed E-state index contributed by atoms with van der Waals surface area (Å²) in [6.07, 6.45) is 24.7. The Labute approximate surface area is 212 Å². The molecule has 4 nitrogen and oxygen atoms in total. The van der Waals surface area contributed by atoms with Gasteiger partial charge in [-0.05, 0) is 51.6 Å². The number of aliphatic hydroxyl groups excluding tert-OH is 1. The van der Waals surface area contributed by atoms with Crippen LogP contribution in [0.15, 0.2) is 18.4 Å². The van der Waals surface area contributed by atoms with E-state index in [4.69, 9.17) is 4.74 Å².